The van der Waals surface area contributed by atoms with Crippen molar-refractivity contribution in [3.8, 4) is 5.75 Å². The zero-order chi connectivity index (χ0) is 21.0. The molecule has 1 heterocycles. The minimum Gasteiger partial charge on any atom is -0.481 e. The highest BCUT2D eigenvalue weighted by Gasteiger charge is 2.30. The zero-order valence-electron chi connectivity index (χ0n) is 16.5. The molecule has 0 saturated carbocycles. The van der Waals surface area contributed by atoms with Gasteiger partial charge in [0.15, 0.2) is 6.10 Å². The van der Waals surface area contributed by atoms with Gasteiger partial charge < -0.3 is 10.1 Å². The number of sulfonamides is 1. The van der Waals surface area contributed by atoms with E-state index in [-0.39, 0.29) is 11.9 Å². The van der Waals surface area contributed by atoms with Gasteiger partial charge in [-0.1, -0.05) is 33.6 Å². The van der Waals surface area contributed by atoms with E-state index in [2.05, 4.69) is 21.2 Å². The van der Waals surface area contributed by atoms with Gasteiger partial charge in [0.2, 0.25) is 10.0 Å². The lowest BCUT2D eigenvalue weighted by Crippen LogP contribution is -2.49. The van der Waals surface area contributed by atoms with Crippen LogP contribution in [0.25, 0.3) is 0 Å². The number of hydrogen-bond acceptors (Lipinski definition) is 4. The largest absolute Gasteiger partial charge is 0.481 e. The van der Waals surface area contributed by atoms with Gasteiger partial charge in [0.05, 0.1) is 4.90 Å². The number of nitrogens with zero attached hydrogens (tertiary/aromatic N) is 1. The van der Waals surface area contributed by atoms with Crippen molar-refractivity contribution in [1.29, 1.82) is 0 Å². The van der Waals surface area contributed by atoms with Crippen LogP contribution in [-0.4, -0.2) is 43.9 Å². The highest BCUT2D eigenvalue weighted by Crippen LogP contribution is 2.22. The van der Waals surface area contributed by atoms with Crippen LogP contribution >= 0.6 is 15.9 Å². The van der Waals surface area contributed by atoms with Crippen LogP contribution in [0.5, 0.6) is 5.75 Å². The Kier molecular flexibility index (Phi) is 6.97. The van der Waals surface area contributed by atoms with Gasteiger partial charge in [-0.2, -0.15) is 4.31 Å². The first-order valence-electron chi connectivity index (χ1n) is 9.55. The van der Waals surface area contributed by atoms with Gasteiger partial charge in [-0.05, 0) is 63.1 Å². The molecule has 2 aromatic rings. The number of carbonyl (C=O) groups excluding carboxylic acids is 1. The number of aryl methyl sites for hydroxylation is 1. The topological polar surface area (TPSA) is 75.7 Å². The Morgan fingerprint density at radius 1 is 1.10 bits per heavy atom. The average Bonchev–Trinajstić information content (AvgIpc) is 2.70. The maximum absolute atomic E-state index is 12.8. The molecule has 6 nitrogen and oxygen atoms in total. The number of rotatable bonds is 6. The summed E-state index contributed by atoms with van der Waals surface area (Å²) in [7, 11) is -3.50. The van der Waals surface area contributed by atoms with E-state index in [0.717, 1.165) is 10.0 Å². The molecule has 3 rings (SSSR count). The molecule has 2 aromatic carbocycles. The molecule has 8 heteroatoms. The smallest absolute Gasteiger partial charge is 0.260 e. The van der Waals surface area contributed by atoms with E-state index < -0.39 is 16.1 Å². The van der Waals surface area contributed by atoms with Gasteiger partial charge in [0.1, 0.15) is 5.75 Å². The number of piperidine rings is 1. The summed E-state index contributed by atoms with van der Waals surface area (Å²) in [4.78, 5) is 12.7. The third kappa shape index (κ3) is 5.58. The lowest BCUT2D eigenvalue weighted by molar-refractivity contribution is -0.128. The molecule has 1 atom stereocenters. The zero-order valence-corrected chi connectivity index (χ0v) is 18.9. The summed E-state index contributed by atoms with van der Waals surface area (Å²) in [5.41, 5.74) is 1.02. The van der Waals surface area contributed by atoms with Crippen molar-refractivity contribution in [2.24, 2.45) is 0 Å². The fourth-order valence-electron chi connectivity index (χ4n) is 3.19. The van der Waals surface area contributed by atoms with Gasteiger partial charge in [0.25, 0.3) is 5.91 Å². The third-order valence-electron chi connectivity index (χ3n) is 4.95. The lowest BCUT2D eigenvalue weighted by atomic mass is 10.1. The van der Waals surface area contributed by atoms with E-state index in [1.54, 1.807) is 43.3 Å². The standard InChI is InChI=1S/C21H25BrN2O4S/c1-15-3-9-20(10-4-15)29(26,27)24-13-11-18(12-14-24)23-21(25)16(2)28-19-7-5-17(22)6-8-19/h3-10,16,18H,11-14H2,1-2H3,(H,23,25). The average molecular weight is 481 g/mol. The van der Waals surface area contributed by atoms with Crippen molar-refractivity contribution >= 4 is 31.9 Å². The summed E-state index contributed by atoms with van der Waals surface area (Å²) in [5, 5.41) is 2.97. The number of halogens is 1. The Morgan fingerprint density at radius 2 is 1.69 bits per heavy atom. The van der Waals surface area contributed by atoms with E-state index in [1.165, 1.54) is 4.31 Å². The SMILES string of the molecule is Cc1ccc(S(=O)(=O)N2CCC(NC(=O)C(C)Oc3ccc(Br)cc3)CC2)cc1. The molecule has 1 unspecified atom stereocenters. The van der Waals surface area contributed by atoms with Crippen LogP contribution in [0.4, 0.5) is 0 Å². The molecule has 1 saturated heterocycles. The fourth-order valence-corrected chi connectivity index (χ4v) is 4.92. The first kappa shape index (κ1) is 21.8. The summed E-state index contributed by atoms with van der Waals surface area (Å²) in [6.45, 7) is 4.38. The number of amides is 1. The molecule has 1 N–H and O–H groups in total. The quantitative estimate of drug-likeness (QED) is 0.686. The van der Waals surface area contributed by atoms with Crippen molar-refractivity contribution in [2.45, 2.75) is 43.7 Å². The number of carbonyl (C=O) groups is 1. The number of benzene rings is 2. The second-order valence-corrected chi connectivity index (χ2v) is 10.1. The van der Waals surface area contributed by atoms with Gasteiger partial charge in [-0.15, -0.1) is 0 Å². The minimum atomic E-state index is -3.50. The molecule has 1 amide bonds. The fraction of sp³-hybridized carbons (Fsp3) is 0.381. The lowest BCUT2D eigenvalue weighted by Gasteiger charge is -2.32. The summed E-state index contributed by atoms with van der Waals surface area (Å²) in [5.74, 6) is 0.419. The second kappa shape index (κ2) is 9.28. The summed E-state index contributed by atoms with van der Waals surface area (Å²) < 4.78 is 33.7. The third-order valence-corrected chi connectivity index (χ3v) is 7.40. The van der Waals surface area contributed by atoms with Crippen molar-refractivity contribution in [1.82, 2.24) is 9.62 Å². The van der Waals surface area contributed by atoms with Crippen LogP contribution in [0.3, 0.4) is 0 Å². The Balaban J connectivity index is 1.51. The van der Waals surface area contributed by atoms with E-state index in [1.807, 2.05) is 19.1 Å². The van der Waals surface area contributed by atoms with Gasteiger partial charge in [0, 0.05) is 23.6 Å². The van der Waals surface area contributed by atoms with Crippen LogP contribution in [0, 0.1) is 6.92 Å². The highest BCUT2D eigenvalue weighted by molar-refractivity contribution is 9.10. The predicted molar refractivity (Wildman–Crippen MR) is 115 cm³/mol. The second-order valence-electron chi connectivity index (χ2n) is 7.21. The molecule has 1 aliphatic heterocycles. The molecule has 29 heavy (non-hydrogen) atoms. The molecule has 1 aliphatic rings. The van der Waals surface area contributed by atoms with E-state index in [4.69, 9.17) is 4.74 Å². The Hall–Kier alpha value is -1.90. The monoisotopic (exact) mass is 480 g/mol. The number of nitrogens with one attached hydrogen (secondary N) is 1. The first-order chi connectivity index (χ1) is 13.8. The number of ether oxygens (including phenoxy) is 1. The van der Waals surface area contributed by atoms with E-state index >= 15 is 0 Å². The Morgan fingerprint density at radius 3 is 2.28 bits per heavy atom. The van der Waals surface area contributed by atoms with Crippen LogP contribution in [0.15, 0.2) is 57.9 Å². The van der Waals surface area contributed by atoms with Gasteiger partial charge in [-0.25, -0.2) is 8.42 Å². The summed E-state index contributed by atoms with van der Waals surface area (Å²) in [6, 6.07) is 14.1. The molecular formula is C21H25BrN2O4S. The predicted octanol–water partition coefficient (Wildman–Crippen LogP) is 3.49. The first-order valence-corrected chi connectivity index (χ1v) is 11.8. The minimum absolute atomic E-state index is 0.0667. The van der Waals surface area contributed by atoms with Crippen molar-refractivity contribution < 1.29 is 17.9 Å². The molecule has 0 aromatic heterocycles. The Labute approximate surface area is 180 Å². The van der Waals surface area contributed by atoms with Crippen molar-refractivity contribution in [3.05, 3.63) is 58.6 Å². The van der Waals surface area contributed by atoms with Crippen LogP contribution < -0.4 is 10.1 Å². The molecule has 0 bridgehead atoms. The molecule has 156 valence electrons. The molecular weight excluding hydrogens is 456 g/mol. The van der Waals surface area contributed by atoms with Crippen LogP contribution in [-0.2, 0) is 14.8 Å². The van der Waals surface area contributed by atoms with Crippen LogP contribution in [0.2, 0.25) is 0 Å². The van der Waals surface area contributed by atoms with Gasteiger partial charge >= 0.3 is 0 Å². The Bertz CT molecular complexity index is 938. The normalized spacial score (nSPS) is 16.9. The highest BCUT2D eigenvalue weighted by atomic mass is 79.9. The summed E-state index contributed by atoms with van der Waals surface area (Å²) in [6.07, 6.45) is 0.509. The molecule has 0 spiro atoms. The van der Waals surface area contributed by atoms with Gasteiger partial charge in [-0.3, -0.25) is 4.79 Å². The maximum Gasteiger partial charge on any atom is 0.260 e. The maximum atomic E-state index is 12.8. The van der Waals surface area contributed by atoms with E-state index in [0.29, 0.717) is 36.6 Å². The van der Waals surface area contributed by atoms with Crippen molar-refractivity contribution in [2.75, 3.05) is 13.1 Å². The summed E-state index contributed by atoms with van der Waals surface area (Å²) >= 11 is 3.36. The molecule has 0 aliphatic carbocycles. The molecule has 0 radical (unpaired) electrons. The van der Waals surface area contributed by atoms with Crippen LogP contribution in [0.1, 0.15) is 25.3 Å². The molecule has 1 fully saturated rings. The van der Waals surface area contributed by atoms with Crippen molar-refractivity contribution in [3.63, 3.8) is 0 Å². The number of hydrogen-bond donors (Lipinski definition) is 1. The van der Waals surface area contributed by atoms with E-state index in [9.17, 15) is 13.2 Å².